The van der Waals surface area contributed by atoms with E-state index in [0.29, 0.717) is 0 Å². The zero-order valence-electron chi connectivity index (χ0n) is 6.99. The van der Waals surface area contributed by atoms with E-state index in [0.717, 1.165) is 0 Å². The largest absolute Gasteiger partial charge is 2.00 e. The SMILES string of the molecule is [Br-].[CH2-]/C(=C/C)CCCC.[Mg+2]. The van der Waals surface area contributed by atoms with E-state index >= 15 is 0 Å². The first-order valence-corrected chi connectivity index (χ1v) is 3.28. The number of allylic oxidation sites excluding steroid dienone is 2. The predicted molar refractivity (Wildman–Crippen MR) is 44.4 cm³/mol. The van der Waals surface area contributed by atoms with Gasteiger partial charge in [-0.1, -0.05) is 26.2 Å². The van der Waals surface area contributed by atoms with E-state index in [4.69, 9.17) is 0 Å². The third-order valence-electron chi connectivity index (χ3n) is 1.26. The summed E-state index contributed by atoms with van der Waals surface area (Å²) in [5.74, 6) is 0. The van der Waals surface area contributed by atoms with E-state index in [1.165, 1.54) is 24.8 Å². The number of hydrogen-bond acceptors (Lipinski definition) is 0. The first kappa shape index (κ1) is 17.1. The van der Waals surface area contributed by atoms with Crippen molar-refractivity contribution >= 4 is 23.1 Å². The van der Waals surface area contributed by atoms with Crippen LogP contribution in [-0.2, 0) is 0 Å². The zero-order valence-corrected chi connectivity index (χ0v) is 9.99. The Balaban J connectivity index is -0.000000245. The van der Waals surface area contributed by atoms with Gasteiger partial charge in [0.2, 0.25) is 0 Å². The van der Waals surface area contributed by atoms with Gasteiger partial charge >= 0.3 is 23.1 Å². The van der Waals surface area contributed by atoms with Gasteiger partial charge in [-0.25, -0.2) is 18.6 Å². The molecule has 0 saturated carbocycles. The summed E-state index contributed by atoms with van der Waals surface area (Å²) in [6.07, 6.45) is 5.80. The molecule has 0 aromatic rings. The molecule has 0 aliphatic rings. The number of hydrogen-bond donors (Lipinski definition) is 0. The second-order valence-corrected chi connectivity index (χ2v) is 2.05. The molecule has 0 aromatic heterocycles. The van der Waals surface area contributed by atoms with Crippen molar-refractivity contribution in [3.8, 4) is 0 Å². The molecular weight excluding hydrogens is 200 g/mol. The summed E-state index contributed by atoms with van der Waals surface area (Å²) < 4.78 is 0. The van der Waals surface area contributed by atoms with E-state index in [-0.39, 0.29) is 40.0 Å². The molecule has 0 aliphatic carbocycles. The second-order valence-electron chi connectivity index (χ2n) is 2.05. The Morgan fingerprint density at radius 1 is 1.50 bits per heavy atom. The number of rotatable bonds is 3. The molecule has 0 saturated heterocycles. The summed E-state index contributed by atoms with van der Waals surface area (Å²) in [6, 6.07) is 0. The third kappa shape index (κ3) is 11.6. The maximum absolute atomic E-state index is 3.86. The quantitative estimate of drug-likeness (QED) is 0.443. The molecule has 0 unspecified atom stereocenters. The third-order valence-corrected chi connectivity index (χ3v) is 1.26. The minimum atomic E-state index is 0. The Morgan fingerprint density at radius 2 is 2.00 bits per heavy atom. The van der Waals surface area contributed by atoms with Crippen LogP contribution in [0.5, 0.6) is 0 Å². The van der Waals surface area contributed by atoms with Crippen molar-refractivity contribution in [2.75, 3.05) is 0 Å². The summed E-state index contributed by atoms with van der Waals surface area (Å²) >= 11 is 0. The molecule has 0 heterocycles. The van der Waals surface area contributed by atoms with Gasteiger partial charge in [-0.3, -0.25) is 0 Å². The molecule has 0 nitrogen and oxygen atoms in total. The first-order valence-electron chi connectivity index (χ1n) is 3.28. The topological polar surface area (TPSA) is 0 Å². The van der Waals surface area contributed by atoms with Crippen molar-refractivity contribution in [3.05, 3.63) is 18.6 Å². The molecule has 0 bridgehead atoms. The van der Waals surface area contributed by atoms with Gasteiger partial charge in [0.1, 0.15) is 0 Å². The monoisotopic (exact) mass is 214 g/mol. The second kappa shape index (κ2) is 12.5. The minimum absolute atomic E-state index is 0. The molecule has 56 valence electrons. The number of halogens is 1. The van der Waals surface area contributed by atoms with Crippen molar-refractivity contribution in [3.63, 3.8) is 0 Å². The molecule has 0 N–H and O–H groups in total. The summed E-state index contributed by atoms with van der Waals surface area (Å²) in [7, 11) is 0. The van der Waals surface area contributed by atoms with Gasteiger partial charge in [0.05, 0.1) is 0 Å². The van der Waals surface area contributed by atoms with Crippen LogP contribution >= 0.6 is 0 Å². The van der Waals surface area contributed by atoms with E-state index in [1.54, 1.807) is 0 Å². The van der Waals surface area contributed by atoms with Crippen LogP contribution in [0.3, 0.4) is 0 Å². The Hall–Kier alpha value is 0.856. The molecular formula is C8H15BrMg. The zero-order chi connectivity index (χ0) is 6.41. The molecule has 0 rings (SSSR count). The normalized spacial score (nSPS) is 9.60. The Kier molecular flexibility index (Phi) is 21.4. The van der Waals surface area contributed by atoms with Crippen molar-refractivity contribution < 1.29 is 17.0 Å². The fraction of sp³-hybridized carbons (Fsp3) is 0.625. The van der Waals surface area contributed by atoms with Crippen molar-refractivity contribution in [1.82, 2.24) is 0 Å². The van der Waals surface area contributed by atoms with Crippen LogP contribution in [0.25, 0.3) is 0 Å². The van der Waals surface area contributed by atoms with E-state index in [9.17, 15) is 0 Å². The summed E-state index contributed by atoms with van der Waals surface area (Å²) in [5, 5.41) is 0. The predicted octanol–water partition coefficient (Wildman–Crippen LogP) is -0.420. The molecule has 0 radical (unpaired) electrons. The van der Waals surface area contributed by atoms with Gasteiger partial charge in [-0.15, -0.1) is 6.92 Å². The summed E-state index contributed by atoms with van der Waals surface area (Å²) in [4.78, 5) is 0. The van der Waals surface area contributed by atoms with Crippen LogP contribution < -0.4 is 17.0 Å². The van der Waals surface area contributed by atoms with Crippen molar-refractivity contribution in [2.45, 2.75) is 33.1 Å². The molecule has 0 spiro atoms. The Labute approximate surface area is 91.4 Å². The smallest absolute Gasteiger partial charge is 1.00 e. The number of unbranched alkanes of at least 4 members (excludes halogenated alkanes) is 1. The maximum atomic E-state index is 3.86. The molecule has 2 heteroatoms. The van der Waals surface area contributed by atoms with Gasteiger partial charge in [0, 0.05) is 0 Å². The van der Waals surface area contributed by atoms with Gasteiger partial charge in [-0.05, 0) is 0 Å². The van der Waals surface area contributed by atoms with Crippen LogP contribution in [0.15, 0.2) is 11.6 Å². The Morgan fingerprint density at radius 3 is 2.30 bits per heavy atom. The fourth-order valence-corrected chi connectivity index (χ4v) is 0.548. The van der Waals surface area contributed by atoms with Gasteiger partial charge < -0.3 is 17.0 Å². The van der Waals surface area contributed by atoms with Crippen LogP contribution in [0.2, 0.25) is 0 Å². The van der Waals surface area contributed by atoms with Crippen molar-refractivity contribution in [1.29, 1.82) is 0 Å². The van der Waals surface area contributed by atoms with Crippen LogP contribution in [0.4, 0.5) is 0 Å². The molecule has 0 aromatic carbocycles. The van der Waals surface area contributed by atoms with Crippen molar-refractivity contribution in [2.24, 2.45) is 0 Å². The molecule has 0 atom stereocenters. The average molecular weight is 215 g/mol. The van der Waals surface area contributed by atoms with Gasteiger partial charge in [0.25, 0.3) is 0 Å². The van der Waals surface area contributed by atoms with E-state index in [2.05, 4.69) is 19.9 Å². The standard InChI is InChI=1S/C8H15.BrH.Mg/c1-4-6-7-8(3)5-2;;/h5H,3-4,6-7H2,1-2H3;1H;/q-1;;+2/p-1/b8-5-;;. The minimum Gasteiger partial charge on any atom is -1.00 e. The van der Waals surface area contributed by atoms with Crippen LogP contribution in [0, 0.1) is 6.92 Å². The van der Waals surface area contributed by atoms with Gasteiger partial charge in [-0.2, -0.15) is 0 Å². The van der Waals surface area contributed by atoms with E-state index in [1.807, 2.05) is 6.92 Å². The molecule has 0 aliphatic heterocycles. The Bertz CT molecular complexity index is 79.3. The van der Waals surface area contributed by atoms with Crippen LogP contribution in [-0.4, -0.2) is 23.1 Å². The first-order chi connectivity index (χ1) is 3.81. The molecule has 0 amide bonds. The fourth-order valence-electron chi connectivity index (χ4n) is 0.548. The summed E-state index contributed by atoms with van der Waals surface area (Å²) in [5.41, 5.74) is 1.27. The molecule has 0 fully saturated rings. The van der Waals surface area contributed by atoms with Gasteiger partial charge in [0.15, 0.2) is 0 Å². The summed E-state index contributed by atoms with van der Waals surface area (Å²) in [6.45, 7) is 8.09. The van der Waals surface area contributed by atoms with E-state index < -0.39 is 0 Å². The molecule has 10 heavy (non-hydrogen) atoms. The maximum Gasteiger partial charge on any atom is 2.00 e. The average Bonchev–Trinajstić information content (AvgIpc) is 1.83. The van der Waals surface area contributed by atoms with Crippen LogP contribution in [0.1, 0.15) is 33.1 Å².